The molecule has 0 radical (unpaired) electrons. The topological polar surface area (TPSA) is 68.8 Å². The van der Waals surface area contributed by atoms with Gasteiger partial charge in [0.15, 0.2) is 0 Å². The molecule has 2 aromatic carbocycles. The molecule has 0 fully saturated rings. The number of hydrogen-bond acceptors (Lipinski definition) is 5. The minimum atomic E-state index is -0.522. The van der Waals surface area contributed by atoms with Crippen LogP contribution < -0.4 is 24.8 Å². The molecule has 7 heteroatoms. The second-order valence-electron chi connectivity index (χ2n) is 5.27. The molecule has 1 atom stereocenters. The molecular weight excluding hydrogens is 344 g/mol. The van der Waals surface area contributed by atoms with Crippen LogP contribution in [0.2, 0.25) is 5.02 Å². The third-order valence-electron chi connectivity index (χ3n) is 3.59. The molecule has 0 heterocycles. The Kier molecular flexibility index (Phi) is 6.36. The largest absolute Gasteiger partial charge is 0.497 e. The van der Waals surface area contributed by atoms with Crippen molar-refractivity contribution in [1.29, 1.82) is 0 Å². The number of carbonyl (C=O) groups is 1. The van der Waals surface area contributed by atoms with Gasteiger partial charge in [0.2, 0.25) is 5.91 Å². The van der Waals surface area contributed by atoms with E-state index in [0.29, 0.717) is 33.6 Å². The van der Waals surface area contributed by atoms with Crippen LogP contribution in [0.15, 0.2) is 36.4 Å². The molecule has 0 aliphatic carbocycles. The first-order chi connectivity index (χ1) is 12.0. The Morgan fingerprint density at radius 1 is 0.960 bits per heavy atom. The summed E-state index contributed by atoms with van der Waals surface area (Å²) in [4.78, 5) is 12.5. The maximum Gasteiger partial charge on any atom is 0.246 e. The zero-order valence-electron chi connectivity index (χ0n) is 14.6. The van der Waals surface area contributed by atoms with Gasteiger partial charge in [0, 0.05) is 11.1 Å². The van der Waals surface area contributed by atoms with Crippen LogP contribution in [0.4, 0.5) is 11.4 Å². The average Bonchev–Trinajstić information content (AvgIpc) is 2.62. The van der Waals surface area contributed by atoms with Gasteiger partial charge in [-0.2, -0.15) is 0 Å². The highest BCUT2D eigenvalue weighted by molar-refractivity contribution is 6.31. The molecule has 0 aliphatic heterocycles. The standard InChI is InChI=1S/C18H21ClN2O4/c1-11(20-14-7-6-13(23-2)10-17(14)25-4)18(22)21-15-9-12(19)5-8-16(15)24-3/h5-11,20H,1-4H3,(H,21,22). The van der Waals surface area contributed by atoms with Gasteiger partial charge in [0.25, 0.3) is 0 Å². The Hall–Kier alpha value is -2.60. The Bertz CT molecular complexity index is 752. The first-order valence-electron chi connectivity index (χ1n) is 7.61. The molecular formula is C18H21ClN2O4. The zero-order valence-corrected chi connectivity index (χ0v) is 15.3. The van der Waals surface area contributed by atoms with Crippen molar-refractivity contribution in [2.24, 2.45) is 0 Å². The summed E-state index contributed by atoms with van der Waals surface area (Å²) >= 11 is 5.98. The first-order valence-corrected chi connectivity index (χ1v) is 7.99. The fraction of sp³-hybridized carbons (Fsp3) is 0.278. The van der Waals surface area contributed by atoms with E-state index in [1.807, 2.05) is 0 Å². The van der Waals surface area contributed by atoms with Crippen LogP contribution in [-0.2, 0) is 4.79 Å². The number of nitrogens with one attached hydrogen (secondary N) is 2. The van der Waals surface area contributed by atoms with Gasteiger partial charge in [-0.05, 0) is 37.3 Å². The normalized spacial score (nSPS) is 11.4. The second kappa shape index (κ2) is 8.48. The number of methoxy groups -OCH3 is 3. The second-order valence-corrected chi connectivity index (χ2v) is 5.70. The zero-order chi connectivity index (χ0) is 18.4. The highest BCUT2D eigenvalue weighted by Crippen LogP contribution is 2.30. The van der Waals surface area contributed by atoms with Gasteiger partial charge in [0.1, 0.15) is 23.3 Å². The van der Waals surface area contributed by atoms with Crippen LogP contribution in [0.5, 0.6) is 17.2 Å². The van der Waals surface area contributed by atoms with E-state index in [0.717, 1.165) is 0 Å². The lowest BCUT2D eigenvalue weighted by atomic mass is 10.2. The van der Waals surface area contributed by atoms with E-state index >= 15 is 0 Å². The molecule has 2 N–H and O–H groups in total. The number of rotatable bonds is 7. The smallest absolute Gasteiger partial charge is 0.246 e. The molecule has 134 valence electrons. The summed E-state index contributed by atoms with van der Waals surface area (Å²) in [7, 11) is 4.67. The van der Waals surface area contributed by atoms with Gasteiger partial charge in [-0.3, -0.25) is 4.79 Å². The van der Waals surface area contributed by atoms with Crippen molar-refractivity contribution in [2.75, 3.05) is 32.0 Å². The summed E-state index contributed by atoms with van der Waals surface area (Å²) in [5.74, 6) is 1.55. The molecule has 0 aromatic heterocycles. The van der Waals surface area contributed by atoms with E-state index in [-0.39, 0.29) is 5.91 Å². The number of halogens is 1. The van der Waals surface area contributed by atoms with Crippen LogP contribution in [-0.4, -0.2) is 33.3 Å². The summed E-state index contributed by atoms with van der Waals surface area (Å²) in [6.45, 7) is 1.75. The SMILES string of the molecule is COc1ccc(NC(C)C(=O)Nc2cc(Cl)ccc2OC)c(OC)c1. The highest BCUT2D eigenvalue weighted by Gasteiger charge is 2.17. The highest BCUT2D eigenvalue weighted by atomic mass is 35.5. The number of carbonyl (C=O) groups excluding carboxylic acids is 1. The predicted molar refractivity (Wildman–Crippen MR) is 99.3 cm³/mol. The fourth-order valence-corrected chi connectivity index (χ4v) is 2.41. The summed E-state index contributed by atoms with van der Waals surface area (Å²) in [6, 6.07) is 9.83. The van der Waals surface area contributed by atoms with E-state index in [9.17, 15) is 4.79 Å². The summed E-state index contributed by atoms with van der Waals surface area (Å²) in [6.07, 6.45) is 0. The van der Waals surface area contributed by atoms with Crippen molar-refractivity contribution in [3.8, 4) is 17.2 Å². The molecule has 0 spiro atoms. The molecule has 0 aliphatic rings. The van der Waals surface area contributed by atoms with Crippen LogP contribution in [0.25, 0.3) is 0 Å². The molecule has 2 aromatic rings. The number of ether oxygens (including phenoxy) is 3. The third kappa shape index (κ3) is 4.70. The molecule has 6 nitrogen and oxygen atoms in total. The number of benzene rings is 2. The van der Waals surface area contributed by atoms with Crippen LogP contribution in [0.1, 0.15) is 6.92 Å². The molecule has 25 heavy (non-hydrogen) atoms. The monoisotopic (exact) mass is 364 g/mol. The van der Waals surface area contributed by atoms with E-state index < -0.39 is 6.04 Å². The minimum absolute atomic E-state index is 0.238. The number of hydrogen-bond donors (Lipinski definition) is 2. The van der Waals surface area contributed by atoms with Crippen LogP contribution in [0.3, 0.4) is 0 Å². The fourth-order valence-electron chi connectivity index (χ4n) is 2.24. The summed E-state index contributed by atoms with van der Waals surface area (Å²) in [5.41, 5.74) is 1.19. The van der Waals surface area contributed by atoms with Gasteiger partial charge in [-0.1, -0.05) is 11.6 Å². The molecule has 0 bridgehead atoms. The van der Waals surface area contributed by atoms with Gasteiger partial charge in [-0.15, -0.1) is 0 Å². The van der Waals surface area contributed by atoms with E-state index in [1.165, 1.54) is 7.11 Å². The van der Waals surface area contributed by atoms with Gasteiger partial charge < -0.3 is 24.8 Å². The van der Waals surface area contributed by atoms with Crippen molar-refractivity contribution < 1.29 is 19.0 Å². The van der Waals surface area contributed by atoms with Crippen molar-refractivity contribution >= 4 is 28.9 Å². The maximum absolute atomic E-state index is 12.5. The summed E-state index contributed by atoms with van der Waals surface area (Å²) in [5, 5.41) is 6.43. The van der Waals surface area contributed by atoms with Crippen LogP contribution >= 0.6 is 11.6 Å². The van der Waals surface area contributed by atoms with Crippen LogP contribution in [0, 0.1) is 0 Å². The number of amides is 1. The summed E-state index contributed by atoms with van der Waals surface area (Å²) < 4.78 is 15.7. The average molecular weight is 365 g/mol. The van der Waals surface area contributed by atoms with Gasteiger partial charge in [-0.25, -0.2) is 0 Å². The van der Waals surface area contributed by atoms with E-state index in [1.54, 1.807) is 57.5 Å². The van der Waals surface area contributed by atoms with Crippen molar-refractivity contribution in [3.05, 3.63) is 41.4 Å². The molecule has 0 saturated heterocycles. The lowest BCUT2D eigenvalue weighted by Crippen LogP contribution is -2.32. The Labute approximate surface area is 152 Å². The van der Waals surface area contributed by atoms with Gasteiger partial charge >= 0.3 is 0 Å². The lowest BCUT2D eigenvalue weighted by molar-refractivity contribution is -0.116. The molecule has 2 rings (SSSR count). The van der Waals surface area contributed by atoms with Crippen molar-refractivity contribution in [2.45, 2.75) is 13.0 Å². The van der Waals surface area contributed by atoms with Crippen molar-refractivity contribution in [3.63, 3.8) is 0 Å². The minimum Gasteiger partial charge on any atom is -0.497 e. The maximum atomic E-state index is 12.5. The Balaban J connectivity index is 2.12. The predicted octanol–water partition coefficient (Wildman–Crippen LogP) is 3.80. The Morgan fingerprint density at radius 2 is 1.68 bits per heavy atom. The number of anilines is 2. The molecule has 1 amide bonds. The quantitative estimate of drug-likeness (QED) is 0.782. The van der Waals surface area contributed by atoms with E-state index in [4.69, 9.17) is 25.8 Å². The molecule has 0 saturated carbocycles. The third-order valence-corrected chi connectivity index (χ3v) is 3.83. The Morgan fingerprint density at radius 3 is 2.32 bits per heavy atom. The van der Waals surface area contributed by atoms with E-state index in [2.05, 4.69) is 10.6 Å². The lowest BCUT2D eigenvalue weighted by Gasteiger charge is -2.18. The van der Waals surface area contributed by atoms with Gasteiger partial charge in [0.05, 0.1) is 32.7 Å². The molecule has 1 unspecified atom stereocenters. The first kappa shape index (κ1) is 18.7. The van der Waals surface area contributed by atoms with Crippen molar-refractivity contribution in [1.82, 2.24) is 0 Å².